The Morgan fingerprint density at radius 2 is 1.81 bits per heavy atom. The number of nitrogen functional groups attached to an aromatic ring is 1. The van der Waals surface area contributed by atoms with Crippen LogP contribution in [-0.4, -0.2) is 40.2 Å². The Morgan fingerprint density at radius 3 is 2.52 bits per heavy atom. The Labute approximate surface area is 281 Å². The molecule has 1 spiro atoms. The number of nitrogens with zero attached hydrogens (tertiary/aromatic N) is 2. The molecule has 9 rings (SSSR count). The van der Waals surface area contributed by atoms with Gasteiger partial charge < -0.3 is 15.2 Å². The van der Waals surface area contributed by atoms with Gasteiger partial charge in [0.1, 0.15) is 17.3 Å². The van der Waals surface area contributed by atoms with Crippen LogP contribution in [0.3, 0.4) is 0 Å². The number of esters is 2. The van der Waals surface area contributed by atoms with E-state index in [1.807, 2.05) is 6.07 Å². The number of ether oxygens (including phenoxy) is 2. The van der Waals surface area contributed by atoms with Gasteiger partial charge in [0, 0.05) is 47.9 Å². The van der Waals surface area contributed by atoms with E-state index in [2.05, 4.69) is 31.0 Å². The zero-order chi connectivity index (χ0) is 33.4. The number of hydrogen-bond acceptors (Lipinski definition) is 8. The van der Waals surface area contributed by atoms with Gasteiger partial charge in [-0.25, -0.2) is 14.6 Å². The van der Waals surface area contributed by atoms with Crippen LogP contribution in [0, 0.1) is 28.6 Å². The van der Waals surface area contributed by atoms with E-state index in [0.29, 0.717) is 23.6 Å². The first kappa shape index (κ1) is 31.0. The number of amides is 2. The first-order valence-electron chi connectivity index (χ1n) is 17.8. The number of pyridine rings is 1. The molecule has 1 saturated heterocycles. The lowest BCUT2D eigenvalue weighted by molar-refractivity contribution is -0.137. The van der Waals surface area contributed by atoms with Crippen molar-refractivity contribution in [1.82, 2.24) is 9.88 Å². The molecule has 2 N–H and O–H groups in total. The summed E-state index contributed by atoms with van der Waals surface area (Å²) >= 11 is 0. The summed E-state index contributed by atoms with van der Waals surface area (Å²) in [6.45, 7) is 4.39. The van der Waals surface area contributed by atoms with Crippen molar-refractivity contribution in [2.45, 2.75) is 90.4 Å². The highest BCUT2D eigenvalue weighted by atomic mass is 16.5. The third kappa shape index (κ3) is 4.45. The molecule has 3 fully saturated rings. The normalized spacial score (nSPS) is 32.4. The molecule has 2 bridgehead atoms. The number of aromatic nitrogens is 1. The Morgan fingerprint density at radius 1 is 1.04 bits per heavy atom. The van der Waals surface area contributed by atoms with Crippen LogP contribution in [0.15, 0.2) is 76.4 Å². The molecule has 9 nitrogen and oxygen atoms in total. The highest BCUT2D eigenvalue weighted by molar-refractivity contribution is 6.13. The lowest BCUT2D eigenvalue weighted by Gasteiger charge is -2.57. The minimum Gasteiger partial charge on any atom is -0.427 e. The third-order valence-corrected chi connectivity index (χ3v) is 12.6. The van der Waals surface area contributed by atoms with Gasteiger partial charge in [0.2, 0.25) is 0 Å². The number of unbranched alkanes of at least 4 members (excludes halogenated alkanes) is 1. The van der Waals surface area contributed by atoms with Crippen LogP contribution < -0.4 is 5.73 Å². The van der Waals surface area contributed by atoms with Crippen LogP contribution in [0.2, 0.25) is 0 Å². The van der Waals surface area contributed by atoms with Gasteiger partial charge in [-0.3, -0.25) is 14.5 Å². The van der Waals surface area contributed by atoms with Crippen LogP contribution in [-0.2, 0) is 28.7 Å². The van der Waals surface area contributed by atoms with Crippen LogP contribution in [0.4, 0.5) is 5.82 Å². The number of allylic oxidation sites excluding steroid dienone is 4. The molecule has 3 aliphatic heterocycles. The number of hydrogen-bond donors (Lipinski definition) is 1. The van der Waals surface area contributed by atoms with Gasteiger partial charge in [-0.05, 0) is 104 Å². The molecule has 48 heavy (non-hydrogen) atoms. The van der Waals surface area contributed by atoms with Crippen LogP contribution in [0.25, 0.3) is 0 Å². The Bertz CT molecular complexity index is 1770. The van der Waals surface area contributed by atoms with E-state index in [1.54, 1.807) is 12.3 Å². The molecule has 2 saturated carbocycles. The van der Waals surface area contributed by atoms with Gasteiger partial charge in [-0.2, -0.15) is 0 Å². The van der Waals surface area contributed by atoms with Gasteiger partial charge in [-0.15, -0.1) is 0 Å². The van der Waals surface area contributed by atoms with Gasteiger partial charge in [-0.1, -0.05) is 33.1 Å². The van der Waals surface area contributed by atoms with Crippen LogP contribution in [0.1, 0.15) is 96.0 Å². The Hall–Kier alpha value is -4.27. The fourth-order valence-electron chi connectivity index (χ4n) is 10.5. The monoisotopic (exact) mass is 649 g/mol. The summed E-state index contributed by atoms with van der Waals surface area (Å²) in [6.07, 6.45) is 18.8. The largest absolute Gasteiger partial charge is 0.427 e. The van der Waals surface area contributed by atoms with Gasteiger partial charge in [0.05, 0.1) is 11.0 Å². The van der Waals surface area contributed by atoms with Crippen molar-refractivity contribution >= 4 is 29.6 Å². The number of fused-ring (bicyclic) bond motifs is 1. The van der Waals surface area contributed by atoms with E-state index < -0.39 is 17.3 Å². The molecule has 5 aliphatic carbocycles. The van der Waals surface area contributed by atoms with Crippen molar-refractivity contribution in [2.24, 2.45) is 28.6 Å². The molecule has 9 heteroatoms. The lowest BCUT2D eigenvalue weighted by Crippen LogP contribution is -2.53. The molecule has 1 aromatic heterocycles. The molecule has 250 valence electrons. The minimum absolute atomic E-state index is 0.0501. The second kappa shape index (κ2) is 11.4. The van der Waals surface area contributed by atoms with Gasteiger partial charge in [0.25, 0.3) is 11.8 Å². The highest BCUT2D eigenvalue weighted by Crippen LogP contribution is 2.71. The number of carbonyl (C=O) groups is 4. The van der Waals surface area contributed by atoms with E-state index in [-0.39, 0.29) is 47.5 Å². The van der Waals surface area contributed by atoms with Crippen molar-refractivity contribution < 1.29 is 28.7 Å². The van der Waals surface area contributed by atoms with E-state index in [1.165, 1.54) is 29.9 Å². The highest BCUT2D eigenvalue weighted by Gasteiger charge is 2.69. The van der Waals surface area contributed by atoms with E-state index >= 15 is 0 Å². The quantitative estimate of drug-likeness (QED) is 0.255. The van der Waals surface area contributed by atoms with Crippen molar-refractivity contribution in [2.75, 3.05) is 12.3 Å². The average Bonchev–Trinajstić information content (AvgIpc) is 3.84. The predicted molar refractivity (Wildman–Crippen MR) is 177 cm³/mol. The summed E-state index contributed by atoms with van der Waals surface area (Å²) in [5.74, 6) is -0.507. The first-order chi connectivity index (χ1) is 23.2. The number of carbonyl (C=O) groups excluding carboxylic acids is 4. The number of nitrogens with two attached hydrogens (primary N) is 1. The summed E-state index contributed by atoms with van der Waals surface area (Å²) in [7, 11) is 0. The summed E-state index contributed by atoms with van der Waals surface area (Å²) in [6, 6.07) is 3.63. The average molecular weight is 650 g/mol. The summed E-state index contributed by atoms with van der Waals surface area (Å²) in [5, 5.41) is 0. The Balaban J connectivity index is 1.33. The van der Waals surface area contributed by atoms with Crippen LogP contribution in [0.5, 0.6) is 0 Å². The third-order valence-electron chi connectivity index (χ3n) is 12.6. The van der Waals surface area contributed by atoms with Crippen molar-refractivity contribution in [3.63, 3.8) is 0 Å². The Kier molecular flexibility index (Phi) is 7.38. The number of rotatable bonds is 8. The van der Waals surface area contributed by atoms with Crippen LogP contribution >= 0.6 is 0 Å². The van der Waals surface area contributed by atoms with Gasteiger partial charge in [0.15, 0.2) is 0 Å². The molecule has 0 radical (unpaired) electrons. The van der Waals surface area contributed by atoms with E-state index in [4.69, 9.17) is 15.2 Å². The predicted octanol–water partition coefficient (Wildman–Crippen LogP) is 6.35. The molecule has 8 aliphatic rings. The number of anilines is 1. The zero-order valence-corrected chi connectivity index (χ0v) is 27.8. The maximum atomic E-state index is 14.3. The first-order valence-corrected chi connectivity index (χ1v) is 17.8. The number of cyclic esters (lactones) is 2. The fraction of sp³-hybridized carbons (Fsp3) is 0.513. The molecule has 2 amide bonds. The molecule has 1 aromatic rings. The van der Waals surface area contributed by atoms with Crippen molar-refractivity contribution in [3.8, 4) is 0 Å². The molecule has 0 unspecified atom stereocenters. The summed E-state index contributed by atoms with van der Waals surface area (Å²) in [4.78, 5) is 59.7. The second-order valence-electron chi connectivity index (χ2n) is 14.8. The minimum atomic E-state index is -0.833. The maximum absolute atomic E-state index is 14.3. The second-order valence-corrected chi connectivity index (χ2v) is 14.8. The number of imide groups is 1. The molecule has 0 aromatic carbocycles. The summed E-state index contributed by atoms with van der Waals surface area (Å²) < 4.78 is 12.5. The molecular weight excluding hydrogens is 606 g/mol. The van der Waals surface area contributed by atoms with Gasteiger partial charge >= 0.3 is 11.9 Å². The zero-order valence-electron chi connectivity index (χ0n) is 27.8. The molecule has 4 heterocycles. The topological polar surface area (TPSA) is 129 Å². The van der Waals surface area contributed by atoms with Crippen molar-refractivity contribution in [1.29, 1.82) is 0 Å². The fourth-order valence-corrected chi connectivity index (χ4v) is 10.5. The summed E-state index contributed by atoms with van der Waals surface area (Å²) in [5.41, 5.74) is 9.44. The van der Waals surface area contributed by atoms with E-state index in [0.717, 1.165) is 79.4 Å². The van der Waals surface area contributed by atoms with Crippen molar-refractivity contribution in [3.05, 3.63) is 82.0 Å². The van der Waals surface area contributed by atoms with E-state index in [9.17, 15) is 19.2 Å². The maximum Gasteiger partial charge on any atom is 0.340 e. The standard InChI is InChI=1S/C39H43N3O6/c1-3-5-8-28-39-17-13-23(24-9-10-25-27(47-36(45)33(25)34(24)39)20-38(4-2)15-6-7-16-38)32(35(39)37(46)48-28)26(22-14-18-41-29(40)19-22)21-42-30(43)11-12-31(42)44/h8,11-12,14,18-20,23-24,26,34H,3-7,9-10,13,15-17,21H2,1-2H3,(H2,40,41)/t23-,24+,26+,34+,39-/m0/s1. The smallest absolute Gasteiger partial charge is 0.340 e. The lowest BCUT2D eigenvalue weighted by atomic mass is 9.43. The SMILES string of the molecule is CCCC=C1OC(=O)C2=C([C@H](CN3C(=O)C=CC3=O)c3ccnc(N)c3)[C@H]3CC[C@@]12[C@H]1C2=C(CC[C@H]31)C(=CC1(CC)CCCC1)OC2=O. The molecule has 5 atom stereocenters. The molecular formula is C39H43N3O6.